The van der Waals surface area contributed by atoms with Gasteiger partial charge in [0.1, 0.15) is 18.5 Å². The fourth-order valence-corrected chi connectivity index (χ4v) is 1.67. The molecule has 0 saturated heterocycles. The maximum Gasteiger partial charge on any atom is 0.330 e. The number of hydrogen-bond donors (Lipinski definition) is 0. The Morgan fingerprint density at radius 3 is 2.95 bits per heavy atom. The highest BCUT2D eigenvalue weighted by Gasteiger charge is 2.07. The summed E-state index contributed by atoms with van der Waals surface area (Å²) in [5.41, 5.74) is 0. The van der Waals surface area contributed by atoms with Gasteiger partial charge in [-0.15, -0.1) is 0 Å². The van der Waals surface area contributed by atoms with Crippen molar-refractivity contribution in [2.45, 2.75) is 13.0 Å². The van der Waals surface area contributed by atoms with Crippen LogP contribution in [-0.4, -0.2) is 18.7 Å². The fourth-order valence-electron chi connectivity index (χ4n) is 1.67. The number of ether oxygens (including phenoxy) is 2. The third-order valence-corrected chi connectivity index (χ3v) is 2.59. The van der Waals surface area contributed by atoms with Crippen molar-refractivity contribution < 1.29 is 14.3 Å². The second-order valence-corrected chi connectivity index (χ2v) is 4.17. The van der Waals surface area contributed by atoms with Gasteiger partial charge in [0.05, 0.1) is 0 Å². The summed E-state index contributed by atoms with van der Waals surface area (Å²) in [7, 11) is 0. The number of esters is 1. The molecule has 0 aliphatic heterocycles. The minimum atomic E-state index is -0.446. The minimum Gasteiger partial charge on any atom is -0.489 e. The van der Waals surface area contributed by atoms with Crippen LogP contribution in [0.15, 0.2) is 49.1 Å². The van der Waals surface area contributed by atoms with E-state index >= 15 is 0 Å². The number of fused-ring (bicyclic) bond motifs is 1. The van der Waals surface area contributed by atoms with Crippen LogP contribution >= 0.6 is 0 Å². The van der Waals surface area contributed by atoms with Crippen molar-refractivity contribution in [3.8, 4) is 5.75 Å². The predicted molar refractivity (Wildman–Crippen MR) is 74.0 cm³/mol. The molecule has 0 amide bonds. The summed E-state index contributed by atoms with van der Waals surface area (Å²) in [5, 5.41) is 2.11. The molecule has 0 aliphatic carbocycles. The first-order chi connectivity index (χ1) is 9.19. The van der Waals surface area contributed by atoms with Gasteiger partial charge < -0.3 is 9.47 Å². The van der Waals surface area contributed by atoms with Gasteiger partial charge in [-0.1, -0.05) is 36.9 Å². The smallest absolute Gasteiger partial charge is 0.330 e. The molecule has 3 nitrogen and oxygen atoms in total. The molecule has 0 bridgehead atoms. The quantitative estimate of drug-likeness (QED) is 0.608. The summed E-state index contributed by atoms with van der Waals surface area (Å²) < 4.78 is 10.6. The number of carbonyl (C=O) groups is 1. The second kappa shape index (κ2) is 6.05. The van der Waals surface area contributed by atoms with Gasteiger partial charge in [-0.3, -0.25) is 0 Å². The summed E-state index contributed by atoms with van der Waals surface area (Å²) in [6, 6.07) is 14.9. The Morgan fingerprint density at radius 1 is 1.37 bits per heavy atom. The topological polar surface area (TPSA) is 35.5 Å². The van der Waals surface area contributed by atoms with Crippen LogP contribution in [0.4, 0.5) is 0 Å². The number of benzene rings is 2. The monoisotopic (exact) mass is 255 g/mol. The average molecular weight is 255 g/mol. The van der Waals surface area contributed by atoms with Crippen LogP contribution in [0.5, 0.6) is 5.75 Å². The third kappa shape index (κ3) is 3.58. The van der Waals surface area contributed by atoms with E-state index in [9.17, 15) is 4.79 Å². The van der Waals surface area contributed by atoms with Crippen molar-refractivity contribution in [2.24, 2.45) is 0 Å². The van der Waals surface area contributed by atoms with E-state index in [1.807, 2.05) is 36.4 Å². The second-order valence-electron chi connectivity index (χ2n) is 4.17. The van der Waals surface area contributed by atoms with Crippen LogP contribution in [0.25, 0.3) is 10.8 Å². The largest absolute Gasteiger partial charge is 0.489 e. The van der Waals surface area contributed by atoms with Crippen LogP contribution < -0.4 is 4.74 Å². The zero-order valence-electron chi connectivity index (χ0n) is 10.8. The Bertz CT molecular complexity index is 589. The van der Waals surface area contributed by atoms with Gasteiger partial charge in [0.25, 0.3) is 0 Å². The zero-order valence-corrected chi connectivity index (χ0v) is 10.8. The van der Waals surface area contributed by atoms with Crippen LogP contribution in [0.1, 0.15) is 6.92 Å². The van der Waals surface area contributed by atoms with Crippen LogP contribution in [0.3, 0.4) is 0 Å². The lowest BCUT2D eigenvalue weighted by atomic mass is 10.1. The van der Waals surface area contributed by atoms with Crippen LogP contribution in [0.2, 0.25) is 0 Å². The Labute approximate surface area is 112 Å². The molecule has 0 saturated carbocycles. The first kappa shape index (κ1) is 13.1. The number of carbonyl (C=O) groups excluding carboxylic acids is 1. The lowest BCUT2D eigenvalue weighted by Gasteiger charge is -2.13. The molecule has 2 aromatic rings. The molecule has 0 spiro atoms. The van der Waals surface area contributed by atoms with Gasteiger partial charge in [-0.05, 0) is 23.8 Å². The molecule has 0 aromatic heterocycles. The average Bonchev–Trinajstić information content (AvgIpc) is 2.44. The van der Waals surface area contributed by atoms with E-state index in [4.69, 9.17) is 9.47 Å². The van der Waals surface area contributed by atoms with Crippen molar-refractivity contribution in [1.82, 2.24) is 0 Å². The summed E-state index contributed by atoms with van der Waals surface area (Å²) in [6.45, 7) is 5.40. The van der Waals surface area contributed by atoms with Crippen molar-refractivity contribution in [3.05, 3.63) is 55.1 Å². The zero-order chi connectivity index (χ0) is 13.7. The molecular weight excluding hydrogens is 240 g/mol. The molecule has 1 radical (unpaired) electrons. The minimum absolute atomic E-state index is 0.286. The Morgan fingerprint density at radius 2 is 2.16 bits per heavy atom. The highest BCUT2D eigenvalue weighted by Crippen LogP contribution is 2.19. The Balaban J connectivity index is 1.97. The maximum absolute atomic E-state index is 11.0. The van der Waals surface area contributed by atoms with Crippen LogP contribution in [0, 0.1) is 6.07 Å². The van der Waals surface area contributed by atoms with Gasteiger partial charge in [-0.2, -0.15) is 0 Å². The van der Waals surface area contributed by atoms with Gasteiger partial charge in [0.15, 0.2) is 0 Å². The fraction of sp³-hybridized carbons (Fsp3) is 0.188. The Hall–Kier alpha value is -2.29. The summed E-state index contributed by atoms with van der Waals surface area (Å²) >= 11 is 0. The van der Waals surface area contributed by atoms with Gasteiger partial charge in [-0.25, -0.2) is 4.79 Å². The molecule has 1 atom stereocenters. The molecule has 0 heterocycles. The molecule has 97 valence electrons. The van der Waals surface area contributed by atoms with E-state index in [0.717, 1.165) is 16.8 Å². The van der Waals surface area contributed by atoms with Gasteiger partial charge in [0.2, 0.25) is 0 Å². The number of rotatable bonds is 5. The predicted octanol–water partition coefficient (Wildman–Crippen LogP) is 3.14. The van der Waals surface area contributed by atoms with Gasteiger partial charge >= 0.3 is 5.97 Å². The highest BCUT2D eigenvalue weighted by atomic mass is 16.6. The molecular formula is C16H15O3. The first-order valence-electron chi connectivity index (χ1n) is 6.06. The normalized spacial score (nSPS) is 11.8. The molecule has 2 rings (SSSR count). The highest BCUT2D eigenvalue weighted by molar-refractivity contribution is 5.83. The SMILES string of the molecule is C=CC(=O)OC(C)COc1[c]c2ccccc2cc1. The molecule has 3 heteroatoms. The molecule has 0 fully saturated rings. The molecule has 1 unspecified atom stereocenters. The van der Waals surface area contributed by atoms with Crippen molar-refractivity contribution in [3.63, 3.8) is 0 Å². The molecule has 2 aromatic carbocycles. The maximum atomic E-state index is 11.0. The lowest BCUT2D eigenvalue weighted by molar-refractivity contribution is -0.143. The van der Waals surface area contributed by atoms with E-state index in [1.165, 1.54) is 0 Å². The molecule has 0 aliphatic rings. The van der Waals surface area contributed by atoms with E-state index < -0.39 is 5.97 Å². The van der Waals surface area contributed by atoms with Crippen molar-refractivity contribution in [2.75, 3.05) is 6.61 Å². The standard InChI is InChI=1S/C16H15O3/c1-3-16(17)19-12(2)11-18-15-9-8-13-6-4-5-7-14(13)10-15/h3-9,12H,1,11H2,2H3. The van der Waals surface area contributed by atoms with E-state index in [-0.39, 0.29) is 12.7 Å². The third-order valence-electron chi connectivity index (χ3n) is 2.59. The van der Waals surface area contributed by atoms with E-state index in [0.29, 0.717) is 5.75 Å². The lowest BCUT2D eigenvalue weighted by Crippen LogP contribution is -2.20. The summed E-state index contributed by atoms with van der Waals surface area (Å²) in [6.07, 6.45) is 0.809. The first-order valence-corrected chi connectivity index (χ1v) is 6.06. The van der Waals surface area contributed by atoms with Crippen LogP contribution in [-0.2, 0) is 9.53 Å². The number of hydrogen-bond acceptors (Lipinski definition) is 3. The molecule has 19 heavy (non-hydrogen) atoms. The summed E-state index contributed by atoms with van der Waals surface area (Å²) in [4.78, 5) is 11.0. The van der Waals surface area contributed by atoms with Crippen molar-refractivity contribution in [1.29, 1.82) is 0 Å². The molecule has 0 N–H and O–H groups in total. The summed E-state index contributed by atoms with van der Waals surface area (Å²) in [5.74, 6) is 0.193. The van der Waals surface area contributed by atoms with Crippen molar-refractivity contribution >= 4 is 16.7 Å². The van der Waals surface area contributed by atoms with E-state index in [2.05, 4.69) is 12.6 Å². The van der Waals surface area contributed by atoms with E-state index in [1.54, 1.807) is 6.92 Å². The van der Waals surface area contributed by atoms with Gasteiger partial charge in [0, 0.05) is 12.1 Å². The Kier molecular flexibility index (Phi) is 4.18.